The first kappa shape index (κ1) is 13.0. The number of aromatic nitrogens is 2. The molecule has 0 aliphatic heterocycles. The Labute approximate surface area is 91.2 Å². The van der Waals surface area contributed by atoms with Crippen LogP contribution in [0.4, 0.5) is 13.2 Å². The minimum absolute atomic E-state index is 0.223. The molecule has 7 heteroatoms. The van der Waals surface area contributed by atoms with Crippen molar-refractivity contribution in [3.8, 4) is 0 Å². The zero-order valence-electron chi connectivity index (χ0n) is 8.87. The number of halogens is 3. The Hall–Kier alpha value is -1.08. The summed E-state index contributed by atoms with van der Waals surface area (Å²) in [6, 6.07) is 0. The summed E-state index contributed by atoms with van der Waals surface area (Å²) in [7, 11) is 0. The summed E-state index contributed by atoms with van der Waals surface area (Å²) in [5.41, 5.74) is 4.65. The Bertz CT molecular complexity index is 324. The summed E-state index contributed by atoms with van der Waals surface area (Å²) in [5, 5.41) is 3.61. The van der Waals surface area contributed by atoms with Crippen molar-refractivity contribution in [2.45, 2.75) is 25.7 Å². The van der Waals surface area contributed by atoms with Gasteiger partial charge in [-0.15, -0.1) is 0 Å². The third-order valence-electron chi connectivity index (χ3n) is 2.02. The van der Waals surface area contributed by atoms with Crippen LogP contribution < -0.4 is 5.73 Å². The highest BCUT2D eigenvalue weighted by atomic mass is 19.4. The van der Waals surface area contributed by atoms with Crippen LogP contribution in [0, 0.1) is 0 Å². The van der Waals surface area contributed by atoms with Gasteiger partial charge in [0.05, 0.1) is 24.4 Å². The van der Waals surface area contributed by atoms with Crippen LogP contribution in [-0.2, 0) is 17.5 Å². The van der Waals surface area contributed by atoms with Gasteiger partial charge in [0, 0.05) is 19.3 Å². The molecule has 1 aromatic heterocycles. The molecule has 16 heavy (non-hydrogen) atoms. The summed E-state index contributed by atoms with van der Waals surface area (Å²) < 4.78 is 43.2. The smallest absolute Gasteiger partial charge is 0.375 e. The normalized spacial score (nSPS) is 14.1. The molecule has 1 rings (SSSR count). The fraction of sp³-hybridized carbons (Fsp3) is 0.667. The topological polar surface area (TPSA) is 53.1 Å². The molecule has 1 aromatic rings. The van der Waals surface area contributed by atoms with Crippen molar-refractivity contribution in [2.75, 3.05) is 13.2 Å². The Morgan fingerprint density at radius 2 is 2.25 bits per heavy atom. The van der Waals surface area contributed by atoms with Gasteiger partial charge in [0.25, 0.3) is 0 Å². The van der Waals surface area contributed by atoms with E-state index in [9.17, 15) is 13.2 Å². The second-order valence-corrected chi connectivity index (χ2v) is 3.26. The van der Waals surface area contributed by atoms with Crippen molar-refractivity contribution in [3.63, 3.8) is 0 Å². The van der Waals surface area contributed by atoms with Gasteiger partial charge in [-0.05, 0) is 6.92 Å². The maximum absolute atomic E-state index is 12.3. The molecule has 0 aliphatic rings. The first-order chi connectivity index (χ1) is 7.47. The molecule has 0 amide bonds. The molecule has 0 aliphatic carbocycles. The van der Waals surface area contributed by atoms with Crippen molar-refractivity contribution >= 4 is 0 Å². The molecule has 92 valence electrons. The Balaban J connectivity index is 2.64. The molecular formula is C9H14F3N3O. The van der Waals surface area contributed by atoms with Crippen LogP contribution in [0.3, 0.4) is 0 Å². The van der Waals surface area contributed by atoms with E-state index in [2.05, 4.69) is 5.10 Å². The van der Waals surface area contributed by atoms with E-state index in [1.165, 1.54) is 4.68 Å². The van der Waals surface area contributed by atoms with Gasteiger partial charge in [-0.2, -0.15) is 18.3 Å². The van der Waals surface area contributed by atoms with E-state index in [0.29, 0.717) is 6.61 Å². The van der Waals surface area contributed by atoms with Gasteiger partial charge in [-0.3, -0.25) is 4.68 Å². The lowest BCUT2D eigenvalue weighted by Crippen LogP contribution is -2.29. The van der Waals surface area contributed by atoms with Crippen molar-refractivity contribution in [3.05, 3.63) is 18.0 Å². The van der Waals surface area contributed by atoms with Crippen LogP contribution in [0.2, 0.25) is 0 Å². The van der Waals surface area contributed by atoms with E-state index in [1.807, 2.05) is 0 Å². The maximum Gasteiger partial charge on any atom is 0.419 e. The monoisotopic (exact) mass is 237 g/mol. The molecule has 0 radical (unpaired) electrons. The highest BCUT2D eigenvalue weighted by molar-refractivity contribution is 5.08. The SMILES string of the molecule is CCOC(CN)Cn1cc(C(F)(F)F)cn1. The maximum atomic E-state index is 12.3. The fourth-order valence-corrected chi connectivity index (χ4v) is 1.25. The molecule has 0 saturated carbocycles. The van der Waals surface area contributed by atoms with Crippen molar-refractivity contribution in [1.82, 2.24) is 9.78 Å². The molecule has 0 saturated heterocycles. The number of ether oxygens (including phenoxy) is 1. The number of nitrogens with two attached hydrogens (primary N) is 1. The number of nitrogens with zero attached hydrogens (tertiary/aromatic N) is 2. The molecule has 0 bridgehead atoms. The molecule has 0 fully saturated rings. The minimum Gasteiger partial charge on any atom is -0.375 e. The fourth-order valence-electron chi connectivity index (χ4n) is 1.25. The Morgan fingerprint density at radius 3 is 2.69 bits per heavy atom. The number of rotatable bonds is 5. The van der Waals surface area contributed by atoms with Crippen LogP contribution in [0.25, 0.3) is 0 Å². The summed E-state index contributed by atoms with van der Waals surface area (Å²) in [4.78, 5) is 0. The lowest BCUT2D eigenvalue weighted by molar-refractivity contribution is -0.137. The molecule has 0 aromatic carbocycles. The van der Waals surface area contributed by atoms with Gasteiger partial charge >= 0.3 is 6.18 Å². The van der Waals surface area contributed by atoms with Gasteiger partial charge in [-0.1, -0.05) is 0 Å². The standard InChI is InChI=1S/C9H14F3N3O/c1-2-16-8(3-13)6-15-5-7(4-14-15)9(10,11)12/h4-5,8H,2-3,6,13H2,1H3. The van der Waals surface area contributed by atoms with Crippen LogP contribution in [0.1, 0.15) is 12.5 Å². The predicted molar refractivity (Wildman–Crippen MR) is 51.7 cm³/mol. The number of hydrogen-bond acceptors (Lipinski definition) is 3. The van der Waals surface area contributed by atoms with Gasteiger partial charge in [-0.25, -0.2) is 0 Å². The lowest BCUT2D eigenvalue weighted by atomic mass is 10.3. The van der Waals surface area contributed by atoms with Crippen LogP contribution in [0.5, 0.6) is 0 Å². The van der Waals surface area contributed by atoms with E-state index in [4.69, 9.17) is 10.5 Å². The zero-order valence-corrected chi connectivity index (χ0v) is 8.87. The molecule has 1 atom stereocenters. The first-order valence-corrected chi connectivity index (χ1v) is 4.88. The first-order valence-electron chi connectivity index (χ1n) is 4.88. The molecule has 0 spiro atoms. The zero-order chi connectivity index (χ0) is 12.2. The van der Waals surface area contributed by atoms with E-state index in [0.717, 1.165) is 12.4 Å². The average Bonchev–Trinajstić information content (AvgIpc) is 2.65. The van der Waals surface area contributed by atoms with Crippen molar-refractivity contribution < 1.29 is 17.9 Å². The second-order valence-electron chi connectivity index (χ2n) is 3.26. The van der Waals surface area contributed by atoms with E-state index in [1.54, 1.807) is 6.92 Å². The molecule has 1 heterocycles. The van der Waals surface area contributed by atoms with Crippen LogP contribution in [-0.4, -0.2) is 29.0 Å². The average molecular weight is 237 g/mol. The van der Waals surface area contributed by atoms with E-state index in [-0.39, 0.29) is 19.2 Å². The molecular weight excluding hydrogens is 223 g/mol. The van der Waals surface area contributed by atoms with Crippen LogP contribution >= 0.6 is 0 Å². The Morgan fingerprint density at radius 1 is 1.56 bits per heavy atom. The highest BCUT2D eigenvalue weighted by Crippen LogP contribution is 2.28. The highest BCUT2D eigenvalue weighted by Gasteiger charge is 2.32. The number of hydrogen-bond donors (Lipinski definition) is 1. The summed E-state index contributed by atoms with van der Waals surface area (Å²) in [5.74, 6) is 0. The third kappa shape index (κ3) is 3.49. The lowest BCUT2D eigenvalue weighted by Gasteiger charge is -2.14. The summed E-state index contributed by atoms with van der Waals surface area (Å²) in [6.07, 6.45) is -2.94. The summed E-state index contributed by atoms with van der Waals surface area (Å²) in [6.45, 7) is 2.73. The van der Waals surface area contributed by atoms with Gasteiger partial charge in [0.15, 0.2) is 0 Å². The summed E-state index contributed by atoms with van der Waals surface area (Å²) >= 11 is 0. The third-order valence-corrected chi connectivity index (χ3v) is 2.02. The van der Waals surface area contributed by atoms with Gasteiger partial charge in [0.2, 0.25) is 0 Å². The molecule has 1 unspecified atom stereocenters. The van der Waals surface area contributed by atoms with Crippen LogP contribution in [0.15, 0.2) is 12.4 Å². The van der Waals surface area contributed by atoms with Crippen molar-refractivity contribution in [2.24, 2.45) is 5.73 Å². The van der Waals surface area contributed by atoms with Gasteiger partial charge in [0.1, 0.15) is 0 Å². The van der Waals surface area contributed by atoms with Gasteiger partial charge < -0.3 is 10.5 Å². The predicted octanol–water partition coefficient (Wildman–Crippen LogP) is 1.27. The van der Waals surface area contributed by atoms with E-state index < -0.39 is 11.7 Å². The molecule has 4 nitrogen and oxygen atoms in total. The molecule has 2 N–H and O–H groups in total. The second kappa shape index (κ2) is 5.31. The minimum atomic E-state index is -4.36. The Kier molecular flexibility index (Phi) is 4.31. The quantitative estimate of drug-likeness (QED) is 0.839. The van der Waals surface area contributed by atoms with E-state index >= 15 is 0 Å². The number of alkyl halides is 3. The largest absolute Gasteiger partial charge is 0.419 e. The van der Waals surface area contributed by atoms with Crippen molar-refractivity contribution in [1.29, 1.82) is 0 Å².